The van der Waals surface area contributed by atoms with Crippen LogP contribution in [0.1, 0.15) is 32.8 Å². The molecule has 0 aromatic heterocycles. The lowest BCUT2D eigenvalue weighted by Gasteiger charge is -2.55. The van der Waals surface area contributed by atoms with E-state index in [4.69, 9.17) is 0 Å². The molecule has 2 heteroatoms. The van der Waals surface area contributed by atoms with E-state index in [2.05, 4.69) is 18.2 Å². The van der Waals surface area contributed by atoms with Crippen LogP contribution in [0, 0.1) is 16.7 Å². The van der Waals surface area contributed by atoms with E-state index in [1.165, 1.54) is 0 Å². The highest BCUT2D eigenvalue weighted by Gasteiger charge is 2.59. The standard InChI is InChI=1S/C17H20O2/c1-16(2)13-9-12(11-7-5-4-6-8-11)17(3,15(16)19)10-14(13)18/h4-9,13,15,19H,10H2,1-3H3/t13-,15?,17-/m0/s1. The Balaban J connectivity index is 2.19. The quantitative estimate of drug-likeness (QED) is 0.838. The van der Waals surface area contributed by atoms with Crippen molar-refractivity contribution >= 4 is 11.4 Å². The molecule has 2 nitrogen and oxygen atoms in total. The largest absolute Gasteiger partial charge is 0.392 e. The van der Waals surface area contributed by atoms with Crippen LogP contribution in [0.4, 0.5) is 0 Å². The number of aliphatic hydroxyl groups is 1. The molecule has 0 aliphatic heterocycles. The Bertz CT molecular complexity index is 556. The zero-order valence-electron chi connectivity index (χ0n) is 11.7. The second-order valence-corrected chi connectivity index (χ2v) is 6.71. The van der Waals surface area contributed by atoms with Crippen molar-refractivity contribution in [2.75, 3.05) is 0 Å². The number of rotatable bonds is 1. The predicted octanol–water partition coefficient (Wildman–Crippen LogP) is 3.07. The lowest BCUT2D eigenvalue weighted by molar-refractivity contribution is -0.146. The number of carbonyl (C=O) groups excluding carboxylic acids is 1. The fraction of sp³-hybridized carbons (Fsp3) is 0.471. The minimum absolute atomic E-state index is 0.167. The summed E-state index contributed by atoms with van der Waals surface area (Å²) < 4.78 is 0. The number of allylic oxidation sites excluding steroid dienone is 1. The molecule has 3 aliphatic carbocycles. The average molecular weight is 256 g/mol. The second-order valence-electron chi connectivity index (χ2n) is 6.71. The van der Waals surface area contributed by atoms with E-state index in [9.17, 15) is 9.90 Å². The molecule has 3 aliphatic rings. The zero-order valence-corrected chi connectivity index (χ0v) is 11.7. The number of ketones is 1. The van der Waals surface area contributed by atoms with E-state index >= 15 is 0 Å². The Kier molecular flexibility index (Phi) is 2.52. The minimum Gasteiger partial charge on any atom is -0.392 e. The molecule has 1 aromatic rings. The van der Waals surface area contributed by atoms with Gasteiger partial charge in [0.25, 0.3) is 0 Å². The molecular weight excluding hydrogens is 236 g/mol. The van der Waals surface area contributed by atoms with Crippen molar-refractivity contribution in [3.8, 4) is 0 Å². The fourth-order valence-electron chi connectivity index (χ4n) is 3.93. The first-order chi connectivity index (χ1) is 8.87. The Morgan fingerprint density at radius 3 is 2.42 bits per heavy atom. The van der Waals surface area contributed by atoms with Gasteiger partial charge in [0, 0.05) is 23.2 Å². The molecule has 0 heterocycles. The van der Waals surface area contributed by atoms with Crippen LogP contribution in [0.15, 0.2) is 36.4 Å². The average Bonchev–Trinajstić information content (AvgIpc) is 2.37. The Labute approximate surface area is 114 Å². The van der Waals surface area contributed by atoms with E-state index in [-0.39, 0.29) is 17.1 Å². The molecule has 0 radical (unpaired) electrons. The van der Waals surface area contributed by atoms with Crippen molar-refractivity contribution in [3.63, 3.8) is 0 Å². The van der Waals surface area contributed by atoms with Gasteiger partial charge in [0.05, 0.1) is 6.10 Å². The zero-order chi connectivity index (χ0) is 13.8. The maximum atomic E-state index is 12.2. The third-order valence-corrected chi connectivity index (χ3v) is 5.03. The summed E-state index contributed by atoms with van der Waals surface area (Å²) in [6, 6.07) is 10.1. The third kappa shape index (κ3) is 1.56. The number of fused-ring (bicyclic) bond motifs is 2. The van der Waals surface area contributed by atoms with Gasteiger partial charge in [-0.2, -0.15) is 0 Å². The molecule has 4 rings (SSSR count). The van der Waals surface area contributed by atoms with Gasteiger partial charge in [-0.25, -0.2) is 0 Å². The van der Waals surface area contributed by atoms with Crippen LogP contribution in [-0.2, 0) is 4.79 Å². The van der Waals surface area contributed by atoms with Crippen LogP contribution in [0.25, 0.3) is 5.57 Å². The van der Waals surface area contributed by atoms with Crippen LogP contribution in [0.5, 0.6) is 0 Å². The summed E-state index contributed by atoms with van der Waals surface area (Å²) in [5.41, 5.74) is 1.42. The molecule has 2 bridgehead atoms. The molecule has 0 spiro atoms. The predicted molar refractivity (Wildman–Crippen MR) is 75.4 cm³/mol. The molecule has 100 valence electrons. The van der Waals surface area contributed by atoms with Crippen LogP contribution in [0.3, 0.4) is 0 Å². The van der Waals surface area contributed by atoms with Crippen molar-refractivity contribution < 1.29 is 9.90 Å². The lowest BCUT2D eigenvalue weighted by atomic mass is 9.49. The number of hydrogen-bond donors (Lipinski definition) is 1. The van der Waals surface area contributed by atoms with Crippen LogP contribution in [-0.4, -0.2) is 17.0 Å². The molecule has 0 amide bonds. The maximum absolute atomic E-state index is 12.2. The summed E-state index contributed by atoms with van der Waals surface area (Å²) in [5, 5.41) is 10.7. The number of Topliss-reactive ketones (excluding diaryl/α,β-unsaturated/α-hetero) is 1. The van der Waals surface area contributed by atoms with E-state index < -0.39 is 11.5 Å². The Hall–Kier alpha value is -1.41. The number of benzene rings is 1. The summed E-state index contributed by atoms with van der Waals surface area (Å²) in [6.07, 6.45) is 2.06. The first-order valence-electron chi connectivity index (χ1n) is 6.86. The van der Waals surface area contributed by atoms with Gasteiger partial charge in [-0.3, -0.25) is 4.79 Å². The van der Waals surface area contributed by atoms with Gasteiger partial charge >= 0.3 is 0 Å². The van der Waals surface area contributed by atoms with Gasteiger partial charge in [0.1, 0.15) is 5.78 Å². The SMILES string of the molecule is CC1(C)C(O)[C@@]2(C)CC(=O)[C@@H]1C=C2c1ccccc1. The highest BCUT2D eigenvalue weighted by molar-refractivity contribution is 5.94. The highest BCUT2D eigenvalue weighted by Crippen LogP contribution is 2.59. The maximum Gasteiger partial charge on any atom is 0.141 e. The van der Waals surface area contributed by atoms with E-state index in [1.54, 1.807) is 0 Å². The van der Waals surface area contributed by atoms with Gasteiger partial charge < -0.3 is 5.11 Å². The second kappa shape index (κ2) is 3.80. The number of carbonyl (C=O) groups is 1. The van der Waals surface area contributed by atoms with E-state index in [0.29, 0.717) is 6.42 Å². The molecular formula is C17H20O2. The monoisotopic (exact) mass is 256 g/mol. The highest BCUT2D eigenvalue weighted by atomic mass is 16.3. The molecule has 19 heavy (non-hydrogen) atoms. The van der Waals surface area contributed by atoms with Crippen molar-refractivity contribution in [1.82, 2.24) is 0 Å². The van der Waals surface area contributed by atoms with E-state index in [1.807, 2.05) is 39.0 Å². The summed E-state index contributed by atoms with van der Waals surface area (Å²) >= 11 is 0. The van der Waals surface area contributed by atoms with Crippen LogP contribution >= 0.6 is 0 Å². The normalized spacial score (nSPS) is 36.2. The van der Waals surface area contributed by atoms with Crippen molar-refractivity contribution in [2.45, 2.75) is 33.3 Å². The van der Waals surface area contributed by atoms with Gasteiger partial charge in [-0.15, -0.1) is 0 Å². The molecule has 3 atom stereocenters. The Morgan fingerprint density at radius 1 is 1.16 bits per heavy atom. The van der Waals surface area contributed by atoms with Gasteiger partial charge in [0.2, 0.25) is 0 Å². The third-order valence-electron chi connectivity index (χ3n) is 5.03. The van der Waals surface area contributed by atoms with E-state index in [0.717, 1.165) is 11.1 Å². The molecule has 1 saturated carbocycles. The topological polar surface area (TPSA) is 37.3 Å². The number of aliphatic hydroxyl groups excluding tert-OH is 1. The minimum atomic E-state index is -0.483. The molecule has 1 fully saturated rings. The van der Waals surface area contributed by atoms with Crippen LogP contribution in [0.2, 0.25) is 0 Å². The summed E-state index contributed by atoms with van der Waals surface area (Å²) in [4.78, 5) is 12.2. The first-order valence-corrected chi connectivity index (χ1v) is 6.86. The summed E-state index contributed by atoms with van der Waals surface area (Å²) in [5.74, 6) is 0.0945. The smallest absolute Gasteiger partial charge is 0.141 e. The van der Waals surface area contributed by atoms with Crippen molar-refractivity contribution in [2.24, 2.45) is 16.7 Å². The molecule has 0 saturated heterocycles. The Morgan fingerprint density at radius 2 is 1.79 bits per heavy atom. The van der Waals surface area contributed by atoms with Crippen molar-refractivity contribution in [3.05, 3.63) is 42.0 Å². The first kappa shape index (κ1) is 12.6. The summed E-state index contributed by atoms with van der Waals surface area (Å²) in [7, 11) is 0. The summed E-state index contributed by atoms with van der Waals surface area (Å²) in [6.45, 7) is 6.01. The van der Waals surface area contributed by atoms with Gasteiger partial charge in [-0.05, 0) is 11.1 Å². The number of hydrogen-bond acceptors (Lipinski definition) is 2. The van der Waals surface area contributed by atoms with Gasteiger partial charge in [-0.1, -0.05) is 57.2 Å². The lowest BCUT2D eigenvalue weighted by Crippen LogP contribution is -2.58. The molecule has 1 N–H and O–H groups in total. The van der Waals surface area contributed by atoms with Crippen LogP contribution < -0.4 is 0 Å². The van der Waals surface area contributed by atoms with Gasteiger partial charge in [0.15, 0.2) is 0 Å². The molecule has 1 aromatic carbocycles. The molecule has 1 unspecified atom stereocenters. The fourth-order valence-corrected chi connectivity index (χ4v) is 3.93. The van der Waals surface area contributed by atoms with Crippen molar-refractivity contribution in [1.29, 1.82) is 0 Å².